The third kappa shape index (κ3) is 23.4. The van der Waals surface area contributed by atoms with Crippen LogP contribution >= 0.6 is 0 Å². The molecule has 12 nitrogen and oxygen atoms in total. The number of hydrogen-bond donors (Lipinski definition) is 3. The van der Waals surface area contributed by atoms with Crippen molar-refractivity contribution in [2.24, 2.45) is 0 Å². The number of rotatable bonds is 21. The average molecular weight is 457 g/mol. The molecule has 0 saturated heterocycles. The number of carbonyl (C=O) groups is 1. The van der Waals surface area contributed by atoms with E-state index in [0.717, 1.165) is 0 Å². The molecule has 0 rings (SSSR count). The third-order valence-electron chi connectivity index (χ3n) is 3.10. The van der Waals surface area contributed by atoms with Crippen molar-refractivity contribution in [3.63, 3.8) is 0 Å². The predicted octanol–water partition coefficient (Wildman–Crippen LogP) is -0.273. The number of nitrogens with zero attached hydrogens (tertiary/aromatic N) is 1. The van der Waals surface area contributed by atoms with Gasteiger partial charge in [0.25, 0.3) is 0 Å². The lowest BCUT2D eigenvalue weighted by molar-refractivity contribution is -0.371. The zero-order valence-corrected chi connectivity index (χ0v) is 19.0. The summed E-state index contributed by atoms with van der Waals surface area (Å²) in [7, 11) is 0. The van der Waals surface area contributed by atoms with Crippen LogP contribution in [0.25, 0.3) is 0 Å². The van der Waals surface area contributed by atoms with Gasteiger partial charge in [0.2, 0.25) is 0 Å². The Kier molecular flexibility index (Phi) is 20.1. The predicted molar refractivity (Wildman–Crippen MR) is 110 cm³/mol. The lowest BCUT2D eigenvalue weighted by Crippen LogP contribution is -2.38. The maximum atomic E-state index is 11.7. The van der Waals surface area contributed by atoms with Gasteiger partial charge in [-0.15, -0.1) is 0 Å². The smallest absolute Gasteiger partial charge is 0.407 e. The Morgan fingerprint density at radius 1 is 0.742 bits per heavy atom. The van der Waals surface area contributed by atoms with Crippen LogP contribution in [0, 0.1) is 0 Å². The molecule has 0 aromatic carbocycles. The molecule has 0 aliphatic rings. The minimum atomic E-state index is -0.576. The molecule has 0 unspecified atom stereocenters. The van der Waals surface area contributed by atoms with E-state index >= 15 is 0 Å². The molecule has 0 atom stereocenters. The first-order valence-corrected chi connectivity index (χ1v) is 10.4. The van der Waals surface area contributed by atoms with Crippen molar-refractivity contribution >= 4 is 6.09 Å². The SMILES string of the molecule is CC(C)(C)OC(=O)NCCN(OCCOCCOCCO)OCCOCCOCCO. The van der Waals surface area contributed by atoms with Crippen LogP contribution < -0.4 is 5.32 Å². The number of nitrogens with one attached hydrogen (secondary N) is 1. The summed E-state index contributed by atoms with van der Waals surface area (Å²) in [5, 5.41) is 21.1. The van der Waals surface area contributed by atoms with Gasteiger partial charge in [-0.3, -0.25) is 9.68 Å². The van der Waals surface area contributed by atoms with Crippen LogP contribution in [0.5, 0.6) is 0 Å². The largest absolute Gasteiger partial charge is 0.444 e. The summed E-state index contributed by atoms with van der Waals surface area (Å²) in [4.78, 5) is 22.8. The highest BCUT2D eigenvalue weighted by Crippen LogP contribution is 2.06. The minimum Gasteiger partial charge on any atom is -0.444 e. The average Bonchev–Trinajstić information content (AvgIpc) is 2.70. The molecule has 0 heterocycles. The highest BCUT2D eigenvalue weighted by Gasteiger charge is 2.16. The molecule has 0 aliphatic carbocycles. The van der Waals surface area contributed by atoms with Crippen molar-refractivity contribution in [3.05, 3.63) is 0 Å². The van der Waals surface area contributed by atoms with E-state index < -0.39 is 11.7 Å². The van der Waals surface area contributed by atoms with Crippen LogP contribution in [-0.2, 0) is 33.4 Å². The Morgan fingerprint density at radius 2 is 1.16 bits per heavy atom. The Bertz CT molecular complexity index is 390. The van der Waals surface area contributed by atoms with Crippen LogP contribution in [0.3, 0.4) is 0 Å². The number of amides is 1. The topological polar surface area (TPSA) is 137 Å². The van der Waals surface area contributed by atoms with Gasteiger partial charge in [-0.2, -0.15) is 0 Å². The second-order valence-corrected chi connectivity index (χ2v) is 7.05. The maximum absolute atomic E-state index is 11.7. The lowest BCUT2D eigenvalue weighted by Gasteiger charge is -2.22. The van der Waals surface area contributed by atoms with Crippen molar-refractivity contribution in [2.45, 2.75) is 26.4 Å². The molecule has 31 heavy (non-hydrogen) atoms. The van der Waals surface area contributed by atoms with E-state index in [2.05, 4.69) is 5.32 Å². The highest BCUT2D eigenvalue weighted by atomic mass is 16.9. The number of ether oxygens (including phenoxy) is 5. The fraction of sp³-hybridized carbons (Fsp3) is 0.947. The first-order chi connectivity index (χ1) is 14.9. The fourth-order valence-electron chi connectivity index (χ4n) is 1.90. The number of hydrogen-bond acceptors (Lipinski definition) is 11. The summed E-state index contributed by atoms with van der Waals surface area (Å²) in [5.74, 6) is 0. The summed E-state index contributed by atoms with van der Waals surface area (Å²) < 4.78 is 26.1. The fourth-order valence-corrected chi connectivity index (χ4v) is 1.90. The lowest BCUT2D eigenvalue weighted by atomic mass is 10.2. The first-order valence-electron chi connectivity index (χ1n) is 10.4. The minimum absolute atomic E-state index is 0.0217. The number of alkyl carbamates (subject to hydrolysis) is 1. The van der Waals surface area contributed by atoms with Gasteiger partial charge >= 0.3 is 6.09 Å². The van der Waals surface area contributed by atoms with Gasteiger partial charge in [-0.1, -0.05) is 5.23 Å². The summed E-state index contributed by atoms with van der Waals surface area (Å²) >= 11 is 0. The van der Waals surface area contributed by atoms with Gasteiger partial charge in [0.05, 0.1) is 85.8 Å². The van der Waals surface area contributed by atoms with Crippen molar-refractivity contribution in [2.75, 3.05) is 92.4 Å². The van der Waals surface area contributed by atoms with Crippen LogP contribution in [-0.4, -0.2) is 120 Å². The van der Waals surface area contributed by atoms with Gasteiger partial charge < -0.3 is 39.2 Å². The Hall–Kier alpha value is -1.09. The standard InChI is InChI=1S/C19H40N2O10/c1-19(2,3)31-18(24)20-4-5-21(29-16-14-27-12-10-25-8-6-22)30-17-15-28-13-11-26-9-7-23/h22-23H,4-17H2,1-3H3,(H,20,24). The van der Waals surface area contributed by atoms with Gasteiger partial charge in [0.15, 0.2) is 0 Å². The van der Waals surface area contributed by atoms with Gasteiger partial charge in [-0.05, 0) is 20.8 Å². The molecule has 0 aliphatic heterocycles. The van der Waals surface area contributed by atoms with Gasteiger partial charge in [0, 0.05) is 6.54 Å². The van der Waals surface area contributed by atoms with E-state index in [9.17, 15) is 4.79 Å². The molecule has 0 aromatic rings. The number of carbonyl (C=O) groups excluding carboxylic acids is 1. The molecule has 12 heteroatoms. The first kappa shape index (κ1) is 29.9. The van der Waals surface area contributed by atoms with Crippen LogP contribution in [0.2, 0.25) is 0 Å². The van der Waals surface area contributed by atoms with E-state index in [1.54, 1.807) is 20.8 Å². The molecule has 0 radical (unpaired) electrons. The third-order valence-corrected chi connectivity index (χ3v) is 3.10. The Morgan fingerprint density at radius 3 is 1.58 bits per heavy atom. The molecule has 0 fully saturated rings. The molecular weight excluding hydrogens is 416 g/mol. The van der Waals surface area contributed by atoms with Gasteiger partial charge in [0.1, 0.15) is 5.60 Å². The number of hydroxylamine groups is 2. The Labute approximate surface area is 184 Å². The Balaban J connectivity index is 4.04. The van der Waals surface area contributed by atoms with Gasteiger partial charge in [-0.25, -0.2) is 4.79 Å². The maximum Gasteiger partial charge on any atom is 0.407 e. The monoisotopic (exact) mass is 456 g/mol. The van der Waals surface area contributed by atoms with Crippen LogP contribution in [0.1, 0.15) is 20.8 Å². The molecule has 0 aromatic heterocycles. The van der Waals surface area contributed by atoms with Crippen LogP contribution in [0.15, 0.2) is 0 Å². The van der Waals surface area contributed by atoms with Crippen molar-refractivity contribution in [3.8, 4) is 0 Å². The number of aliphatic hydroxyl groups is 2. The molecule has 0 saturated carbocycles. The summed E-state index contributed by atoms with van der Waals surface area (Å²) in [6, 6.07) is 0. The molecular formula is C19H40N2O10. The van der Waals surface area contributed by atoms with E-state index in [1.807, 2.05) is 0 Å². The molecule has 0 bridgehead atoms. The van der Waals surface area contributed by atoms with Crippen molar-refractivity contribution in [1.82, 2.24) is 10.5 Å². The van der Waals surface area contributed by atoms with Crippen molar-refractivity contribution < 1.29 is 48.4 Å². The van der Waals surface area contributed by atoms with E-state index in [4.69, 9.17) is 43.6 Å². The molecule has 1 amide bonds. The summed E-state index contributed by atoms with van der Waals surface area (Å²) in [6.45, 7) is 9.05. The van der Waals surface area contributed by atoms with E-state index in [0.29, 0.717) is 39.6 Å². The quantitative estimate of drug-likeness (QED) is 0.155. The molecule has 0 spiro atoms. The number of aliphatic hydroxyl groups excluding tert-OH is 2. The normalized spacial score (nSPS) is 11.8. The molecule has 3 N–H and O–H groups in total. The highest BCUT2D eigenvalue weighted by molar-refractivity contribution is 5.67. The zero-order valence-electron chi connectivity index (χ0n) is 19.0. The second kappa shape index (κ2) is 20.8. The van der Waals surface area contributed by atoms with Crippen LogP contribution in [0.4, 0.5) is 4.79 Å². The van der Waals surface area contributed by atoms with Crippen molar-refractivity contribution in [1.29, 1.82) is 0 Å². The van der Waals surface area contributed by atoms with E-state index in [-0.39, 0.29) is 52.7 Å². The second-order valence-electron chi connectivity index (χ2n) is 7.05. The molecule has 186 valence electrons. The van der Waals surface area contributed by atoms with E-state index in [1.165, 1.54) is 5.23 Å². The summed E-state index contributed by atoms with van der Waals surface area (Å²) in [5.41, 5.74) is -0.576. The summed E-state index contributed by atoms with van der Waals surface area (Å²) in [6.07, 6.45) is -0.523. The zero-order chi connectivity index (χ0) is 23.2.